The SMILES string of the molecule is NC(C(=O)N1CCC[C@H]1C(=O)c1ccccn1)C1CCCCC1. The number of pyridine rings is 1. The van der Waals surface area contributed by atoms with Gasteiger partial charge in [-0.1, -0.05) is 25.3 Å². The van der Waals surface area contributed by atoms with Gasteiger partial charge in [0.15, 0.2) is 0 Å². The van der Waals surface area contributed by atoms with Crippen LogP contribution < -0.4 is 5.73 Å². The Balaban J connectivity index is 1.70. The Morgan fingerprint density at radius 2 is 1.91 bits per heavy atom. The van der Waals surface area contributed by atoms with Crippen LogP contribution in [0, 0.1) is 5.92 Å². The van der Waals surface area contributed by atoms with E-state index in [0.717, 1.165) is 32.1 Å². The molecule has 1 aliphatic carbocycles. The van der Waals surface area contributed by atoms with Gasteiger partial charge in [0.25, 0.3) is 0 Å². The van der Waals surface area contributed by atoms with E-state index < -0.39 is 12.1 Å². The number of amides is 1. The Morgan fingerprint density at radius 3 is 2.61 bits per heavy atom. The largest absolute Gasteiger partial charge is 0.331 e. The monoisotopic (exact) mass is 315 g/mol. The highest BCUT2D eigenvalue weighted by atomic mass is 16.2. The second-order valence-corrected chi connectivity index (χ2v) is 6.69. The first-order valence-electron chi connectivity index (χ1n) is 8.70. The molecule has 2 heterocycles. The molecule has 0 bridgehead atoms. The third-order valence-electron chi connectivity index (χ3n) is 5.20. The van der Waals surface area contributed by atoms with Crippen molar-refractivity contribution in [1.82, 2.24) is 9.88 Å². The van der Waals surface area contributed by atoms with Gasteiger partial charge in [0, 0.05) is 12.7 Å². The van der Waals surface area contributed by atoms with Crippen LogP contribution in [0.1, 0.15) is 55.4 Å². The van der Waals surface area contributed by atoms with Crippen molar-refractivity contribution in [2.75, 3.05) is 6.54 Å². The lowest BCUT2D eigenvalue weighted by Gasteiger charge is -2.32. The molecule has 5 heteroatoms. The van der Waals surface area contributed by atoms with E-state index in [0.29, 0.717) is 18.7 Å². The molecule has 2 atom stereocenters. The summed E-state index contributed by atoms with van der Waals surface area (Å²) < 4.78 is 0. The summed E-state index contributed by atoms with van der Waals surface area (Å²) in [6.07, 6.45) is 8.78. The Morgan fingerprint density at radius 1 is 1.13 bits per heavy atom. The first-order chi connectivity index (χ1) is 11.2. The number of likely N-dealkylation sites (tertiary alicyclic amines) is 1. The fourth-order valence-electron chi connectivity index (χ4n) is 3.87. The number of nitrogens with two attached hydrogens (primary N) is 1. The van der Waals surface area contributed by atoms with Crippen molar-refractivity contribution in [2.45, 2.75) is 57.0 Å². The lowest BCUT2D eigenvalue weighted by Crippen LogP contribution is -2.51. The summed E-state index contributed by atoms with van der Waals surface area (Å²) in [4.78, 5) is 31.3. The van der Waals surface area contributed by atoms with E-state index in [1.54, 1.807) is 29.3 Å². The molecule has 1 aliphatic heterocycles. The van der Waals surface area contributed by atoms with Gasteiger partial charge in [0.1, 0.15) is 5.69 Å². The van der Waals surface area contributed by atoms with E-state index in [2.05, 4.69) is 4.98 Å². The first-order valence-corrected chi connectivity index (χ1v) is 8.70. The van der Waals surface area contributed by atoms with E-state index >= 15 is 0 Å². The zero-order chi connectivity index (χ0) is 16.2. The Bertz CT molecular complexity index is 555. The number of Topliss-reactive ketones (excluding diaryl/α,β-unsaturated/α-hetero) is 1. The Kier molecular flexibility index (Phi) is 5.06. The van der Waals surface area contributed by atoms with Crippen molar-refractivity contribution < 1.29 is 9.59 Å². The average molecular weight is 315 g/mol. The van der Waals surface area contributed by atoms with Crippen molar-refractivity contribution in [3.8, 4) is 0 Å². The molecule has 1 aromatic heterocycles. The number of nitrogens with zero attached hydrogens (tertiary/aromatic N) is 2. The van der Waals surface area contributed by atoms with Crippen molar-refractivity contribution in [2.24, 2.45) is 11.7 Å². The molecule has 0 radical (unpaired) electrons. The van der Waals surface area contributed by atoms with Gasteiger partial charge in [0.05, 0.1) is 12.1 Å². The smallest absolute Gasteiger partial charge is 0.240 e. The summed E-state index contributed by atoms with van der Waals surface area (Å²) in [6.45, 7) is 0.627. The highest BCUT2D eigenvalue weighted by Gasteiger charge is 2.38. The molecule has 0 aromatic carbocycles. The van der Waals surface area contributed by atoms with Crippen LogP contribution in [0.3, 0.4) is 0 Å². The minimum absolute atomic E-state index is 0.0521. The number of rotatable bonds is 4. The zero-order valence-corrected chi connectivity index (χ0v) is 13.5. The minimum atomic E-state index is -0.465. The maximum atomic E-state index is 12.8. The summed E-state index contributed by atoms with van der Waals surface area (Å²) in [5, 5.41) is 0. The molecule has 1 aromatic rings. The van der Waals surface area contributed by atoms with Crippen LogP contribution in [-0.2, 0) is 4.79 Å². The van der Waals surface area contributed by atoms with Crippen LogP contribution >= 0.6 is 0 Å². The summed E-state index contributed by atoms with van der Waals surface area (Å²) >= 11 is 0. The highest BCUT2D eigenvalue weighted by molar-refractivity contribution is 6.01. The van der Waals surface area contributed by atoms with Gasteiger partial charge in [0.2, 0.25) is 11.7 Å². The number of carbonyl (C=O) groups is 2. The Labute approximate surface area is 137 Å². The number of hydrogen-bond acceptors (Lipinski definition) is 4. The average Bonchev–Trinajstić information content (AvgIpc) is 3.11. The summed E-state index contributed by atoms with van der Waals surface area (Å²) in [5.41, 5.74) is 6.69. The molecule has 1 amide bonds. The van der Waals surface area contributed by atoms with E-state index in [9.17, 15) is 9.59 Å². The van der Waals surface area contributed by atoms with E-state index in [1.807, 2.05) is 0 Å². The predicted molar refractivity (Wildman–Crippen MR) is 87.9 cm³/mol. The second kappa shape index (κ2) is 7.21. The van der Waals surface area contributed by atoms with Crippen LogP contribution in [0.25, 0.3) is 0 Å². The molecule has 2 fully saturated rings. The molecule has 23 heavy (non-hydrogen) atoms. The molecule has 1 saturated carbocycles. The molecule has 124 valence electrons. The summed E-state index contributed by atoms with van der Waals surface area (Å²) in [6, 6.07) is 4.44. The van der Waals surface area contributed by atoms with Gasteiger partial charge in [-0.3, -0.25) is 14.6 Å². The van der Waals surface area contributed by atoms with Gasteiger partial charge < -0.3 is 10.6 Å². The molecular weight excluding hydrogens is 290 g/mol. The maximum absolute atomic E-state index is 12.8. The molecule has 3 rings (SSSR count). The van der Waals surface area contributed by atoms with Gasteiger partial charge >= 0.3 is 0 Å². The molecule has 1 unspecified atom stereocenters. The van der Waals surface area contributed by atoms with Gasteiger partial charge in [-0.05, 0) is 43.7 Å². The lowest BCUT2D eigenvalue weighted by atomic mass is 9.83. The zero-order valence-electron chi connectivity index (χ0n) is 13.5. The molecule has 5 nitrogen and oxygen atoms in total. The van der Waals surface area contributed by atoms with Crippen molar-refractivity contribution >= 4 is 11.7 Å². The standard InChI is InChI=1S/C18H25N3O2/c19-16(13-7-2-1-3-8-13)18(23)21-12-6-10-15(21)17(22)14-9-4-5-11-20-14/h4-5,9,11,13,15-16H,1-3,6-8,10,12,19H2/t15-,16?/m0/s1. The van der Waals surface area contributed by atoms with E-state index in [-0.39, 0.29) is 17.6 Å². The van der Waals surface area contributed by atoms with Crippen molar-refractivity contribution in [1.29, 1.82) is 0 Å². The van der Waals surface area contributed by atoms with Gasteiger partial charge in [-0.25, -0.2) is 0 Å². The molecular formula is C18H25N3O2. The summed E-state index contributed by atoms with van der Waals surface area (Å²) in [5.74, 6) is 0.151. The molecule has 1 saturated heterocycles. The Hall–Kier alpha value is -1.75. The van der Waals surface area contributed by atoms with Crippen LogP contribution in [0.4, 0.5) is 0 Å². The number of carbonyl (C=O) groups excluding carboxylic acids is 2. The van der Waals surface area contributed by atoms with Crippen LogP contribution in [0.2, 0.25) is 0 Å². The van der Waals surface area contributed by atoms with E-state index in [4.69, 9.17) is 5.73 Å². The quantitative estimate of drug-likeness (QED) is 0.864. The third kappa shape index (κ3) is 3.44. The first kappa shape index (κ1) is 16.1. The summed E-state index contributed by atoms with van der Waals surface area (Å²) in [7, 11) is 0. The number of ketones is 1. The third-order valence-corrected chi connectivity index (χ3v) is 5.20. The normalized spacial score (nSPS) is 23.7. The van der Waals surface area contributed by atoms with Gasteiger partial charge in [-0.2, -0.15) is 0 Å². The maximum Gasteiger partial charge on any atom is 0.240 e. The van der Waals surface area contributed by atoms with Crippen molar-refractivity contribution in [3.05, 3.63) is 30.1 Å². The predicted octanol–water partition coefficient (Wildman–Crippen LogP) is 2.16. The topological polar surface area (TPSA) is 76.3 Å². The number of hydrogen-bond donors (Lipinski definition) is 1. The molecule has 2 N–H and O–H groups in total. The minimum Gasteiger partial charge on any atom is -0.331 e. The molecule has 2 aliphatic rings. The fraction of sp³-hybridized carbons (Fsp3) is 0.611. The number of aromatic nitrogens is 1. The highest BCUT2D eigenvalue weighted by Crippen LogP contribution is 2.28. The molecule has 0 spiro atoms. The van der Waals surface area contributed by atoms with Crippen LogP contribution in [-0.4, -0.2) is 40.2 Å². The van der Waals surface area contributed by atoms with Crippen LogP contribution in [0.5, 0.6) is 0 Å². The van der Waals surface area contributed by atoms with Crippen molar-refractivity contribution in [3.63, 3.8) is 0 Å². The van der Waals surface area contributed by atoms with Gasteiger partial charge in [-0.15, -0.1) is 0 Å². The van der Waals surface area contributed by atoms with E-state index in [1.165, 1.54) is 6.42 Å². The second-order valence-electron chi connectivity index (χ2n) is 6.69. The lowest BCUT2D eigenvalue weighted by molar-refractivity contribution is -0.134. The fourth-order valence-corrected chi connectivity index (χ4v) is 3.87. The van der Waals surface area contributed by atoms with Crippen LogP contribution in [0.15, 0.2) is 24.4 Å².